The fraction of sp³-hybridized carbons (Fsp3) is 0.889. The molecule has 0 bridgehead atoms. The van der Waals surface area contributed by atoms with Gasteiger partial charge in [-0.15, -0.1) is 12.4 Å². The van der Waals surface area contributed by atoms with E-state index in [1.54, 1.807) is 0 Å². The van der Waals surface area contributed by atoms with E-state index in [0.29, 0.717) is 12.0 Å². The maximum Gasteiger partial charge on any atom is 0.320 e. The minimum Gasteiger partial charge on any atom is -0.480 e. The Balaban J connectivity index is 0.000000845. The number of hydrogen-bond acceptors (Lipinski definition) is 2. The van der Waals surface area contributed by atoms with E-state index in [4.69, 9.17) is 5.11 Å². The molecule has 2 fully saturated rings. The lowest BCUT2D eigenvalue weighted by Gasteiger charge is -2.24. The lowest BCUT2D eigenvalue weighted by atomic mass is 9.85. The molecular weight excluding hydrogens is 190 g/mol. The Kier molecular flexibility index (Phi) is 3.56. The number of carboxylic acids is 1. The van der Waals surface area contributed by atoms with E-state index < -0.39 is 5.97 Å². The van der Waals surface area contributed by atoms with Crippen molar-refractivity contribution in [2.45, 2.75) is 44.2 Å². The smallest absolute Gasteiger partial charge is 0.320 e. The van der Waals surface area contributed by atoms with Gasteiger partial charge in [-0.3, -0.25) is 4.79 Å². The van der Waals surface area contributed by atoms with Crippen molar-refractivity contribution in [1.29, 1.82) is 0 Å². The zero-order valence-corrected chi connectivity index (χ0v) is 8.35. The van der Waals surface area contributed by atoms with Gasteiger partial charge < -0.3 is 10.4 Å². The van der Waals surface area contributed by atoms with Crippen molar-refractivity contribution in [1.82, 2.24) is 5.32 Å². The minimum absolute atomic E-state index is 0. The van der Waals surface area contributed by atoms with Crippen LogP contribution in [0.3, 0.4) is 0 Å². The van der Waals surface area contributed by atoms with Crippen molar-refractivity contribution < 1.29 is 9.90 Å². The molecule has 0 aromatic heterocycles. The molecule has 0 aromatic rings. The van der Waals surface area contributed by atoms with E-state index in [1.165, 1.54) is 25.7 Å². The molecule has 13 heavy (non-hydrogen) atoms. The van der Waals surface area contributed by atoms with Gasteiger partial charge in [0, 0.05) is 6.04 Å². The van der Waals surface area contributed by atoms with Crippen molar-refractivity contribution in [3.05, 3.63) is 0 Å². The first kappa shape index (κ1) is 10.8. The lowest BCUT2D eigenvalue weighted by Crippen LogP contribution is -2.36. The third-order valence-electron chi connectivity index (χ3n) is 3.16. The van der Waals surface area contributed by atoms with Crippen LogP contribution in [0.1, 0.15) is 32.1 Å². The first-order valence-electron chi connectivity index (χ1n) is 4.76. The first-order valence-corrected chi connectivity index (χ1v) is 4.76. The van der Waals surface area contributed by atoms with Gasteiger partial charge in [0.1, 0.15) is 6.04 Å². The van der Waals surface area contributed by atoms with Gasteiger partial charge in [-0.1, -0.05) is 12.8 Å². The van der Waals surface area contributed by atoms with Crippen LogP contribution in [0.2, 0.25) is 0 Å². The van der Waals surface area contributed by atoms with Crippen molar-refractivity contribution in [2.24, 2.45) is 5.92 Å². The second-order valence-electron chi connectivity index (χ2n) is 3.94. The molecule has 3 nitrogen and oxygen atoms in total. The summed E-state index contributed by atoms with van der Waals surface area (Å²) >= 11 is 0. The maximum atomic E-state index is 10.7. The van der Waals surface area contributed by atoms with Crippen LogP contribution in [-0.4, -0.2) is 23.2 Å². The summed E-state index contributed by atoms with van der Waals surface area (Å²) in [7, 11) is 0. The van der Waals surface area contributed by atoms with Gasteiger partial charge in [-0.05, 0) is 25.2 Å². The van der Waals surface area contributed by atoms with E-state index in [0.717, 1.165) is 6.42 Å². The third-order valence-corrected chi connectivity index (χ3v) is 3.16. The molecule has 1 heterocycles. The topological polar surface area (TPSA) is 49.3 Å². The molecule has 0 radical (unpaired) electrons. The van der Waals surface area contributed by atoms with Crippen molar-refractivity contribution in [3.8, 4) is 0 Å². The average Bonchev–Trinajstić information content (AvgIpc) is 2.46. The largest absolute Gasteiger partial charge is 0.480 e. The quantitative estimate of drug-likeness (QED) is 0.681. The van der Waals surface area contributed by atoms with Gasteiger partial charge in [0.15, 0.2) is 0 Å². The predicted octanol–water partition coefficient (Wildman–Crippen LogP) is 1.41. The normalized spacial score (nSPS) is 37.7. The minimum atomic E-state index is -0.676. The number of rotatable bonds is 1. The van der Waals surface area contributed by atoms with Crippen LogP contribution in [0.25, 0.3) is 0 Å². The lowest BCUT2D eigenvalue weighted by molar-refractivity contribution is -0.139. The summed E-state index contributed by atoms with van der Waals surface area (Å²) < 4.78 is 0. The highest BCUT2D eigenvalue weighted by molar-refractivity contribution is 5.85. The van der Waals surface area contributed by atoms with E-state index in [1.807, 2.05) is 0 Å². The van der Waals surface area contributed by atoms with Crippen LogP contribution in [0.4, 0.5) is 0 Å². The average molecular weight is 206 g/mol. The zero-order valence-electron chi connectivity index (χ0n) is 7.53. The summed E-state index contributed by atoms with van der Waals surface area (Å²) in [6, 6.07) is 0.234. The summed E-state index contributed by atoms with van der Waals surface area (Å²) in [5.41, 5.74) is 0. The molecule has 1 aliphatic heterocycles. The van der Waals surface area contributed by atoms with Crippen molar-refractivity contribution in [2.75, 3.05) is 0 Å². The molecule has 2 aliphatic rings. The summed E-state index contributed by atoms with van der Waals surface area (Å²) in [6.07, 6.45) is 5.80. The molecule has 2 rings (SSSR count). The van der Waals surface area contributed by atoms with Crippen LogP contribution in [0.15, 0.2) is 0 Å². The standard InChI is InChI=1S/C9H15NO2.ClH/c11-9(12)8-5-6-3-1-2-4-7(6)10-8;/h6-8,10H,1-5H2,(H,11,12);1H/t6?,7-,8-;/m0./s1. The van der Waals surface area contributed by atoms with Crippen LogP contribution in [0.5, 0.6) is 0 Å². The highest BCUT2D eigenvalue weighted by Gasteiger charge is 2.37. The molecule has 1 saturated heterocycles. The van der Waals surface area contributed by atoms with Gasteiger partial charge in [0.2, 0.25) is 0 Å². The number of halogens is 1. The molecule has 0 amide bonds. The molecule has 0 aromatic carbocycles. The number of carboxylic acid groups (broad SMARTS) is 1. The molecule has 0 spiro atoms. The van der Waals surface area contributed by atoms with Gasteiger partial charge in [0.05, 0.1) is 0 Å². The Hall–Kier alpha value is -0.280. The van der Waals surface area contributed by atoms with E-state index in [2.05, 4.69) is 5.32 Å². The monoisotopic (exact) mass is 205 g/mol. The van der Waals surface area contributed by atoms with Gasteiger partial charge in [-0.2, -0.15) is 0 Å². The van der Waals surface area contributed by atoms with Crippen LogP contribution < -0.4 is 5.32 Å². The second-order valence-corrected chi connectivity index (χ2v) is 3.94. The summed E-state index contributed by atoms with van der Waals surface area (Å²) in [5, 5.41) is 12.0. The first-order chi connectivity index (χ1) is 5.77. The van der Waals surface area contributed by atoms with E-state index >= 15 is 0 Å². The molecule has 3 atom stereocenters. The third kappa shape index (κ3) is 2.15. The SMILES string of the molecule is Cl.O=C(O)[C@@H]1CC2CCCC[C@@H]2N1. The number of hydrogen-bond donors (Lipinski definition) is 2. The Labute approximate surface area is 84.3 Å². The van der Waals surface area contributed by atoms with Gasteiger partial charge >= 0.3 is 5.97 Å². The van der Waals surface area contributed by atoms with Gasteiger partial charge in [-0.25, -0.2) is 0 Å². The fourth-order valence-corrected chi connectivity index (χ4v) is 2.51. The fourth-order valence-electron chi connectivity index (χ4n) is 2.51. The van der Waals surface area contributed by atoms with Crippen LogP contribution in [-0.2, 0) is 4.79 Å². The number of fused-ring (bicyclic) bond motifs is 1. The molecular formula is C9H16ClNO2. The number of aliphatic carboxylic acids is 1. The molecule has 4 heteroatoms. The van der Waals surface area contributed by atoms with Crippen LogP contribution >= 0.6 is 12.4 Å². The zero-order chi connectivity index (χ0) is 8.55. The van der Waals surface area contributed by atoms with Crippen molar-refractivity contribution >= 4 is 18.4 Å². The maximum absolute atomic E-state index is 10.7. The molecule has 2 N–H and O–H groups in total. The molecule has 1 saturated carbocycles. The number of nitrogens with one attached hydrogen (secondary N) is 1. The Bertz CT molecular complexity index is 184. The van der Waals surface area contributed by atoms with E-state index in [9.17, 15) is 4.79 Å². The Morgan fingerprint density at radius 1 is 1.31 bits per heavy atom. The molecule has 76 valence electrons. The predicted molar refractivity (Wildman–Crippen MR) is 52.2 cm³/mol. The summed E-state index contributed by atoms with van der Waals surface area (Å²) in [5.74, 6) is -0.0377. The highest BCUT2D eigenvalue weighted by atomic mass is 35.5. The van der Waals surface area contributed by atoms with Gasteiger partial charge in [0.25, 0.3) is 0 Å². The molecule has 1 aliphatic carbocycles. The Morgan fingerprint density at radius 2 is 2.00 bits per heavy atom. The summed E-state index contributed by atoms with van der Waals surface area (Å²) in [4.78, 5) is 10.7. The highest BCUT2D eigenvalue weighted by Crippen LogP contribution is 2.32. The second kappa shape index (κ2) is 4.29. The Morgan fingerprint density at radius 3 is 2.62 bits per heavy atom. The van der Waals surface area contributed by atoms with Crippen LogP contribution in [0, 0.1) is 5.92 Å². The van der Waals surface area contributed by atoms with E-state index in [-0.39, 0.29) is 18.4 Å². The van der Waals surface area contributed by atoms with Crippen molar-refractivity contribution in [3.63, 3.8) is 0 Å². The number of carbonyl (C=O) groups is 1. The summed E-state index contributed by atoms with van der Waals surface area (Å²) in [6.45, 7) is 0. The molecule has 1 unspecified atom stereocenters.